The van der Waals surface area contributed by atoms with Crippen LogP contribution in [-0.2, 0) is 23.4 Å². The molecule has 3 aliphatic heterocycles. The van der Waals surface area contributed by atoms with Gasteiger partial charge in [-0.2, -0.15) is 0 Å². The van der Waals surface area contributed by atoms with Gasteiger partial charge in [0.15, 0.2) is 14.6 Å². The van der Waals surface area contributed by atoms with Crippen LogP contribution in [-0.4, -0.2) is 57.8 Å². The molecule has 1 unspecified atom stereocenters. The van der Waals surface area contributed by atoms with Crippen LogP contribution < -0.4 is 0 Å². The van der Waals surface area contributed by atoms with Gasteiger partial charge in [-0.15, -0.1) is 0 Å². The monoisotopic (exact) mass is 558 g/mol. The van der Waals surface area contributed by atoms with Crippen LogP contribution in [0.1, 0.15) is 81.1 Å². The van der Waals surface area contributed by atoms with Gasteiger partial charge in [-0.05, 0) is 72.9 Å². The van der Waals surface area contributed by atoms with Gasteiger partial charge in [0.2, 0.25) is 0 Å². The molecule has 7 rings (SSSR count). The van der Waals surface area contributed by atoms with Crippen LogP contribution in [0.3, 0.4) is 0 Å². The smallest absolute Gasteiger partial charge is 0.192 e. The Morgan fingerprint density at radius 1 is 0.949 bits per heavy atom. The van der Waals surface area contributed by atoms with E-state index in [1.165, 1.54) is 25.7 Å². The molecule has 7 aliphatic rings. The van der Waals surface area contributed by atoms with Crippen LogP contribution >= 0.6 is 0 Å². The van der Waals surface area contributed by atoms with Gasteiger partial charge in [0.05, 0.1) is 19.3 Å². The predicted molar refractivity (Wildman–Crippen MR) is 155 cm³/mol. The van der Waals surface area contributed by atoms with Gasteiger partial charge >= 0.3 is 0 Å². The van der Waals surface area contributed by atoms with E-state index in [0.29, 0.717) is 35.0 Å². The lowest BCUT2D eigenvalue weighted by molar-refractivity contribution is -0.253. The summed E-state index contributed by atoms with van der Waals surface area (Å²) < 4.78 is 33.0. The Morgan fingerprint density at radius 3 is 2.31 bits per heavy atom. The molecule has 39 heavy (non-hydrogen) atoms. The molecule has 0 bridgehead atoms. The van der Waals surface area contributed by atoms with Crippen molar-refractivity contribution < 1.29 is 23.4 Å². The molecular weight excluding hydrogens is 504 g/mol. The highest BCUT2D eigenvalue weighted by molar-refractivity contribution is 6.74. The van der Waals surface area contributed by atoms with E-state index in [-0.39, 0.29) is 52.2 Å². The topological polar surface area (TPSA) is 52.8 Å². The number of rotatable bonds is 4. The van der Waals surface area contributed by atoms with E-state index in [2.05, 4.69) is 80.6 Å². The standard InChI is InChI=1S/C33H54O5Si/c1-19(28-34-17-30(5,6)18-35-28)21-11-12-22-20-13-16-33-27(37-33)25(38-39(9,10)29(2,3)4)24-26(36-24)32(33,8)23(20)14-15-31(21,22)7/h13,16,19-28H,11-12,14-15,17-18H2,1-10H3/t19?,20-,21+,22-,23-,24-,25-,26-,27+,31+,32-,33+/m0/s1. The molecule has 12 atom stereocenters. The third kappa shape index (κ3) is 3.67. The van der Waals surface area contributed by atoms with Gasteiger partial charge in [-0.25, -0.2) is 0 Å². The maximum absolute atomic E-state index is 7.00. The number of hydrogen-bond donors (Lipinski definition) is 0. The Morgan fingerprint density at radius 2 is 1.64 bits per heavy atom. The van der Waals surface area contributed by atoms with E-state index < -0.39 is 8.32 Å². The Bertz CT molecular complexity index is 1040. The van der Waals surface area contributed by atoms with Gasteiger partial charge in [-0.3, -0.25) is 0 Å². The average molecular weight is 559 g/mol. The molecule has 0 aromatic carbocycles. The second kappa shape index (κ2) is 8.22. The molecule has 3 saturated heterocycles. The van der Waals surface area contributed by atoms with Crippen LogP contribution in [0.15, 0.2) is 12.2 Å². The van der Waals surface area contributed by atoms with Crippen molar-refractivity contribution in [2.75, 3.05) is 13.2 Å². The molecule has 6 heteroatoms. The fourth-order valence-electron chi connectivity index (χ4n) is 10.2. The molecule has 4 aliphatic carbocycles. The summed E-state index contributed by atoms with van der Waals surface area (Å²) in [4.78, 5) is 0. The first-order valence-electron chi connectivity index (χ1n) is 16.0. The minimum atomic E-state index is -1.91. The summed E-state index contributed by atoms with van der Waals surface area (Å²) in [7, 11) is -1.91. The second-order valence-electron chi connectivity index (χ2n) is 17.4. The highest BCUT2D eigenvalue weighted by Crippen LogP contribution is 2.75. The SMILES string of the molecule is CC(C1OCC(C)(C)CO1)[C@H]1CC[C@H]2[C@@H]3C=C[C@@]45O[C@@H]4[C@@H](O[Si](C)(C)C(C)(C)C)[C@@H]4O[C@@H]4[C@]5(C)[C@H]3CC[C@]12C. The second-order valence-corrected chi connectivity index (χ2v) is 22.1. The molecule has 220 valence electrons. The highest BCUT2D eigenvalue weighted by atomic mass is 28.4. The summed E-state index contributed by atoms with van der Waals surface area (Å²) in [5.74, 6) is 3.01. The van der Waals surface area contributed by atoms with Crippen molar-refractivity contribution in [1.82, 2.24) is 0 Å². The maximum Gasteiger partial charge on any atom is 0.192 e. The van der Waals surface area contributed by atoms with E-state index in [0.717, 1.165) is 13.2 Å². The minimum Gasteiger partial charge on any atom is -0.408 e. The van der Waals surface area contributed by atoms with E-state index in [1.54, 1.807) is 0 Å². The fourth-order valence-corrected chi connectivity index (χ4v) is 11.4. The van der Waals surface area contributed by atoms with Gasteiger partial charge in [0, 0.05) is 16.7 Å². The lowest BCUT2D eigenvalue weighted by Gasteiger charge is -2.57. The molecule has 0 aromatic heterocycles. The van der Waals surface area contributed by atoms with E-state index in [9.17, 15) is 0 Å². The third-order valence-corrected chi connectivity index (χ3v) is 18.1. The summed E-state index contributed by atoms with van der Waals surface area (Å²) in [6.45, 7) is 25.3. The zero-order chi connectivity index (χ0) is 28.0. The fraction of sp³-hybridized carbons (Fsp3) is 0.939. The molecule has 0 aromatic rings. The summed E-state index contributed by atoms with van der Waals surface area (Å²) in [5, 5.41) is 0.182. The van der Waals surface area contributed by atoms with Gasteiger partial charge in [0.1, 0.15) is 23.9 Å². The number of allylic oxidation sites excluding steroid dienone is 1. The minimum absolute atomic E-state index is 0.0429. The van der Waals surface area contributed by atoms with Crippen molar-refractivity contribution in [2.24, 2.45) is 45.8 Å². The number of fused-ring (bicyclic) bond motifs is 6. The van der Waals surface area contributed by atoms with E-state index in [4.69, 9.17) is 23.4 Å². The number of epoxide rings is 2. The molecule has 6 fully saturated rings. The quantitative estimate of drug-likeness (QED) is 0.212. The van der Waals surface area contributed by atoms with Gasteiger partial charge in [-0.1, -0.05) is 67.5 Å². The maximum atomic E-state index is 7.00. The summed E-state index contributed by atoms with van der Waals surface area (Å²) >= 11 is 0. The lowest BCUT2D eigenvalue weighted by Crippen LogP contribution is -2.61. The molecule has 1 spiro atoms. The predicted octanol–water partition coefficient (Wildman–Crippen LogP) is 6.97. The molecule has 0 radical (unpaired) electrons. The summed E-state index contributed by atoms with van der Waals surface area (Å²) in [5.41, 5.74) is 0.298. The Balaban J connectivity index is 1.12. The summed E-state index contributed by atoms with van der Waals surface area (Å²) in [6, 6.07) is 0. The van der Waals surface area contributed by atoms with E-state index >= 15 is 0 Å². The van der Waals surface area contributed by atoms with Crippen LogP contribution in [0.4, 0.5) is 0 Å². The Hall–Kier alpha value is -0.243. The zero-order valence-corrected chi connectivity index (χ0v) is 27.2. The normalized spacial score (nSPS) is 52.7. The Labute approximate surface area is 238 Å². The lowest BCUT2D eigenvalue weighted by atomic mass is 9.46. The van der Waals surface area contributed by atoms with Crippen molar-refractivity contribution in [2.45, 2.75) is 136 Å². The molecule has 3 saturated carbocycles. The van der Waals surface area contributed by atoms with Crippen molar-refractivity contribution in [3.63, 3.8) is 0 Å². The first-order chi connectivity index (χ1) is 18.1. The van der Waals surface area contributed by atoms with Crippen molar-refractivity contribution in [3.8, 4) is 0 Å². The molecular formula is C33H54O5Si. The molecule has 5 nitrogen and oxygen atoms in total. The molecule has 0 amide bonds. The van der Waals surface area contributed by atoms with Crippen molar-refractivity contribution in [1.29, 1.82) is 0 Å². The van der Waals surface area contributed by atoms with Crippen LogP contribution in [0, 0.1) is 45.8 Å². The number of ether oxygens (including phenoxy) is 4. The zero-order valence-electron chi connectivity index (χ0n) is 26.2. The van der Waals surface area contributed by atoms with Gasteiger partial charge in [0.25, 0.3) is 0 Å². The molecule has 3 heterocycles. The molecule has 0 N–H and O–H groups in total. The van der Waals surface area contributed by atoms with Crippen LogP contribution in [0.2, 0.25) is 18.1 Å². The summed E-state index contributed by atoms with van der Waals surface area (Å²) in [6.07, 6.45) is 10.9. The van der Waals surface area contributed by atoms with Crippen LogP contribution in [0.5, 0.6) is 0 Å². The largest absolute Gasteiger partial charge is 0.408 e. The van der Waals surface area contributed by atoms with Gasteiger partial charge < -0.3 is 23.4 Å². The van der Waals surface area contributed by atoms with Crippen molar-refractivity contribution in [3.05, 3.63) is 12.2 Å². The number of hydrogen-bond acceptors (Lipinski definition) is 5. The first-order valence-corrected chi connectivity index (χ1v) is 18.9. The van der Waals surface area contributed by atoms with Crippen LogP contribution in [0.25, 0.3) is 0 Å². The Kier molecular flexibility index (Phi) is 5.82. The first kappa shape index (κ1) is 27.6. The van der Waals surface area contributed by atoms with E-state index in [1.807, 2.05) is 0 Å². The average Bonchev–Trinajstić information content (AvgIpc) is 3.74. The highest BCUT2D eigenvalue weighted by Gasteiger charge is 2.85. The van der Waals surface area contributed by atoms with Crippen molar-refractivity contribution >= 4 is 8.32 Å². The third-order valence-electron chi connectivity index (χ3n) is 13.6.